The van der Waals surface area contributed by atoms with Crippen LogP contribution in [-0.4, -0.2) is 42.6 Å². The Hall–Kier alpha value is -2.17. The number of benzene rings is 1. The number of carbonyl (C=O) groups is 1. The normalized spacial score (nSPS) is 20.5. The van der Waals surface area contributed by atoms with E-state index in [0.717, 1.165) is 0 Å². The van der Waals surface area contributed by atoms with Crippen molar-refractivity contribution in [2.45, 2.75) is 19.1 Å². The van der Waals surface area contributed by atoms with E-state index in [1.165, 1.54) is 18.2 Å². The van der Waals surface area contributed by atoms with Gasteiger partial charge in [0.2, 0.25) is 5.91 Å². The zero-order valence-corrected chi connectivity index (χ0v) is 11.7. The summed E-state index contributed by atoms with van der Waals surface area (Å²) in [6.45, 7) is 3.00. The number of nitrogens with two attached hydrogens (primary N) is 1. The molecule has 0 aromatic heterocycles. The molecule has 1 heterocycles. The molecule has 2 rings (SSSR count). The molecule has 6 nitrogen and oxygen atoms in total. The zero-order chi connectivity index (χ0) is 15.4. The van der Waals surface area contributed by atoms with E-state index in [0.29, 0.717) is 25.4 Å². The molecular weight excluding hydrogens is 275 g/mol. The molecular formula is C14H17FN4O2. The van der Waals surface area contributed by atoms with E-state index in [1.807, 2.05) is 11.0 Å². The summed E-state index contributed by atoms with van der Waals surface area (Å²) in [7, 11) is 0. The number of nitrogens with zero attached hydrogens (tertiary/aromatic N) is 2. The molecule has 3 N–H and O–H groups in total. The van der Waals surface area contributed by atoms with E-state index in [1.54, 1.807) is 6.92 Å². The van der Waals surface area contributed by atoms with Gasteiger partial charge in [-0.1, -0.05) is 0 Å². The minimum absolute atomic E-state index is 0.0527. The molecule has 1 aliphatic rings. The van der Waals surface area contributed by atoms with Crippen molar-refractivity contribution in [2.24, 2.45) is 0 Å². The van der Waals surface area contributed by atoms with E-state index >= 15 is 0 Å². The summed E-state index contributed by atoms with van der Waals surface area (Å²) in [5, 5.41) is 11.4. The third kappa shape index (κ3) is 3.68. The predicted octanol–water partition coefficient (Wildman–Crippen LogP) is 0.959. The van der Waals surface area contributed by atoms with Gasteiger partial charge < -0.3 is 15.8 Å². The van der Waals surface area contributed by atoms with E-state index in [4.69, 9.17) is 15.7 Å². The number of carbonyl (C=O) groups excluding carboxylic acids is 1. The van der Waals surface area contributed by atoms with Gasteiger partial charge >= 0.3 is 0 Å². The van der Waals surface area contributed by atoms with Crippen LogP contribution in [0.1, 0.15) is 6.92 Å². The second-order valence-corrected chi connectivity index (χ2v) is 4.89. The molecule has 2 unspecified atom stereocenters. The van der Waals surface area contributed by atoms with Crippen LogP contribution in [0.15, 0.2) is 18.2 Å². The van der Waals surface area contributed by atoms with Gasteiger partial charge in [-0.3, -0.25) is 9.69 Å². The summed E-state index contributed by atoms with van der Waals surface area (Å²) in [6.07, 6.45) is -0.543. The molecule has 1 aromatic carbocycles. The number of hydrogen-bond acceptors (Lipinski definition) is 5. The van der Waals surface area contributed by atoms with Crippen molar-refractivity contribution < 1.29 is 13.9 Å². The average molecular weight is 292 g/mol. The van der Waals surface area contributed by atoms with Crippen LogP contribution in [0.4, 0.5) is 15.8 Å². The summed E-state index contributed by atoms with van der Waals surface area (Å²) in [5.74, 6) is -0.889. The first-order chi connectivity index (χ1) is 10.0. The molecule has 0 spiro atoms. The molecule has 7 heteroatoms. The van der Waals surface area contributed by atoms with Gasteiger partial charge in [0.1, 0.15) is 5.82 Å². The smallest absolute Gasteiger partial charge is 0.241 e. The Bertz CT molecular complexity index is 573. The third-order valence-corrected chi connectivity index (χ3v) is 3.42. The number of nitriles is 1. The van der Waals surface area contributed by atoms with Crippen molar-refractivity contribution in [2.75, 3.05) is 30.7 Å². The van der Waals surface area contributed by atoms with Crippen LogP contribution in [0.3, 0.4) is 0 Å². The molecule has 2 atom stereocenters. The van der Waals surface area contributed by atoms with E-state index in [-0.39, 0.29) is 11.6 Å². The highest BCUT2D eigenvalue weighted by Crippen LogP contribution is 2.18. The first kappa shape index (κ1) is 15.2. The number of nitrogens with one attached hydrogen (secondary N) is 1. The van der Waals surface area contributed by atoms with Crippen molar-refractivity contribution in [3.63, 3.8) is 0 Å². The maximum Gasteiger partial charge on any atom is 0.241 e. The third-order valence-electron chi connectivity index (χ3n) is 3.42. The van der Waals surface area contributed by atoms with Crippen LogP contribution in [0.25, 0.3) is 0 Å². The quantitative estimate of drug-likeness (QED) is 0.810. The van der Waals surface area contributed by atoms with Crippen molar-refractivity contribution in [3.8, 4) is 6.07 Å². The lowest BCUT2D eigenvalue weighted by Crippen LogP contribution is -2.50. The summed E-state index contributed by atoms with van der Waals surface area (Å²) in [5.41, 5.74) is 6.00. The first-order valence-electron chi connectivity index (χ1n) is 6.62. The van der Waals surface area contributed by atoms with Gasteiger partial charge in [0.05, 0.1) is 24.4 Å². The van der Waals surface area contributed by atoms with Crippen molar-refractivity contribution in [1.29, 1.82) is 5.26 Å². The Kier molecular flexibility index (Phi) is 4.73. The maximum absolute atomic E-state index is 13.6. The fourth-order valence-corrected chi connectivity index (χ4v) is 2.14. The topological polar surface area (TPSA) is 91.4 Å². The Morgan fingerprint density at radius 2 is 2.43 bits per heavy atom. The molecule has 21 heavy (non-hydrogen) atoms. The monoisotopic (exact) mass is 292 g/mol. The zero-order valence-electron chi connectivity index (χ0n) is 11.7. The molecule has 0 radical (unpaired) electrons. The van der Waals surface area contributed by atoms with Crippen molar-refractivity contribution >= 4 is 17.3 Å². The molecule has 0 saturated carbocycles. The summed E-state index contributed by atoms with van der Waals surface area (Å²) >= 11 is 0. The number of hydrogen-bond donors (Lipinski definition) is 2. The Morgan fingerprint density at radius 1 is 1.67 bits per heavy atom. The van der Waals surface area contributed by atoms with Crippen LogP contribution in [-0.2, 0) is 9.53 Å². The Labute approximate surface area is 122 Å². The standard InChI is InChI=1S/C14H17FN4O2/c1-9(19-4-5-21-11(7-16)8-19)14(20)18-13-6-10(17)2-3-12(13)15/h2-3,6,9,11H,4-5,8,17H2,1H3,(H,18,20). The molecule has 112 valence electrons. The van der Waals surface area contributed by atoms with Crippen molar-refractivity contribution in [1.82, 2.24) is 4.90 Å². The highest BCUT2D eigenvalue weighted by atomic mass is 19.1. The van der Waals surface area contributed by atoms with E-state index in [2.05, 4.69) is 5.32 Å². The van der Waals surface area contributed by atoms with Crippen LogP contribution in [0.5, 0.6) is 0 Å². The summed E-state index contributed by atoms with van der Waals surface area (Å²) < 4.78 is 18.8. The Balaban J connectivity index is 2.02. The molecule has 1 amide bonds. The number of anilines is 2. The minimum Gasteiger partial charge on any atom is -0.399 e. The van der Waals surface area contributed by atoms with Gasteiger partial charge in [0.25, 0.3) is 0 Å². The fourth-order valence-electron chi connectivity index (χ4n) is 2.14. The average Bonchev–Trinajstić information content (AvgIpc) is 2.50. The number of halogens is 1. The predicted molar refractivity (Wildman–Crippen MR) is 75.8 cm³/mol. The van der Waals surface area contributed by atoms with Crippen LogP contribution < -0.4 is 11.1 Å². The first-order valence-corrected chi connectivity index (χ1v) is 6.62. The summed E-state index contributed by atoms with van der Waals surface area (Å²) in [4.78, 5) is 14.0. The van der Waals surface area contributed by atoms with Crippen molar-refractivity contribution in [3.05, 3.63) is 24.0 Å². The van der Waals surface area contributed by atoms with Crippen LogP contribution >= 0.6 is 0 Å². The van der Waals surface area contributed by atoms with Gasteiger partial charge in [-0.25, -0.2) is 4.39 Å². The van der Waals surface area contributed by atoms with Gasteiger partial charge in [-0.2, -0.15) is 5.26 Å². The lowest BCUT2D eigenvalue weighted by Gasteiger charge is -2.33. The number of ether oxygens (including phenoxy) is 1. The molecule has 1 fully saturated rings. The minimum atomic E-state index is -0.543. The largest absolute Gasteiger partial charge is 0.399 e. The highest BCUT2D eigenvalue weighted by molar-refractivity contribution is 5.95. The molecule has 1 saturated heterocycles. The SMILES string of the molecule is CC(C(=O)Nc1cc(N)ccc1F)N1CCOC(C#N)C1. The van der Waals surface area contributed by atoms with E-state index in [9.17, 15) is 9.18 Å². The molecule has 0 bridgehead atoms. The van der Waals surface area contributed by atoms with Gasteiger partial charge in [-0.05, 0) is 25.1 Å². The Morgan fingerprint density at radius 3 is 3.14 bits per heavy atom. The van der Waals surface area contributed by atoms with Gasteiger partial charge in [0, 0.05) is 18.8 Å². The molecule has 1 aliphatic heterocycles. The van der Waals surface area contributed by atoms with E-state index < -0.39 is 18.0 Å². The second kappa shape index (κ2) is 6.52. The number of morpholine rings is 1. The van der Waals surface area contributed by atoms with Crippen LogP contribution in [0.2, 0.25) is 0 Å². The number of amides is 1. The number of nitrogen functional groups attached to an aromatic ring is 1. The highest BCUT2D eigenvalue weighted by Gasteiger charge is 2.28. The van der Waals surface area contributed by atoms with Gasteiger partial charge in [0.15, 0.2) is 6.10 Å². The second-order valence-electron chi connectivity index (χ2n) is 4.89. The lowest BCUT2D eigenvalue weighted by atomic mass is 10.2. The van der Waals surface area contributed by atoms with Crippen LogP contribution in [0, 0.1) is 17.1 Å². The molecule has 1 aromatic rings. The molecule has 0 aliphatic carbocycles. The fraction of sp³-hybridized carbons (Fsp3) is 0.429. The van der Waals surface area contributed by atoms with Gasteiger partial charge in [-0.15, -0.1) is 0 Å². The maximum atomic E-state index is 13.6. The summed E-state index contributed by atoms with van der Waals surface area (Å²) in [6, 6.07) is 5.53. The lowest BCUT2D eigenvalue weighted by molar-refractivity contribution is -0.123. The number of rotatable bonds is 3.